The van der Waals surface area contributed by atoms with Crippen LogP contribution in [0, 0.1) is 26.2 Å². The lowest BCUT2D eigenvalue weighted by Crippen LogP contribution is -2.15. The Morgan fingerprint density at radius 3 is 1.92 bits per heavy atom. The van der Waals surface area contributed by atoms with E-state index in [0.717, 1.165) is 23.1 Å². The number of benzene rings is 2. The lowest BCUT2D eigenvalue weighted by molar-refractivity contribution is 0.633. The molecule has 0 bridgehead atoms. The van der Waals surface area contributed by atoms with E-state index in [2.05, 4.69) is 83.8 Å². The van der Waals surface area contributed by atoms with Crippen molar-refractivity contribution in [1.29, 1.82) is 5.41 Å². The third-order valence-electron chi connectivity index (χ3n) is 6.12. The van der Waals surface area contributed by atoms with Crippen molar-refractivity contribution < 1.29 is 0 Å². The van der Waals surface area contributed by atoms with Gasteiger partial charge in [0.1, 0.15) is 0 Å². The molecule has 0 aromatic heterocycles. The van der Waals surface area contributed by atoms with Crippen LogP contribution in [0.5, 0.6) is 0 Å². The fraction of sp³-hybridized carbons (Fsp3) is 0.528. The Kier molecular flexibility index (Phi) is 23.5. The normalized spacial score (nSPS) is 11.2. The second kappa shape index (κ2) is 23.7. The number of aryl methyl sites for hydroxylation is 4. The van der Waals surface area contributed by atoms with Crippen molar-refractivity contribution in [3.05, 3.63) is 88.0 Å². The molecule has 2 heteroatoms. The maximum absolute atomic E-state index is 8.13. The number of hydrogen-bond donors (Lipinski definition) is 2. The molecule has 2 aromatic carbocycles. The molecule has 38 heavy (non-hydrogen) atoms. The molecule has 0 fully saturated rings. The minimum atomic E-state index is 0.644. The minimum Gasteiger partial charge on any atom is -0.317 e. The van der Waals surface area contributed by atoms with Gasteiger partial charge in [0, 0.05) is 5.56 Å². The van der Waals surface area contributed by atoms with Gasteiger partial charge in [-0.25, -0.2) is 0 Å². The van der Waals surface area contributed by atoms with Crippen molar-refractivity contribution >= 4 is 11.3 Å². The fourth-order valence-corrected chi connectivity index (χ4v) is 3.88. The van der Waals surface area contributed by atoms with Crippen molar-refractivity contribution in [2.45, 2.75) is 115 Å². The molecule has 0 saturated carbocycles. The Balaban J connectivity index is 0. The maximum atomic E-state index is 8.13. The highest BCUT2D eigenvalue weighted by Crippen LogP contribution is 2.31. The monoisotopic (exact) mass is 520 g/mol. The van der Waals surface area contributed by atoms with E-state index in [4.69, 9.17) is 5.41 Å². The number of rotatable bonds is 8. The molecule has 0 saturated heterocycles. The molecule has 0 atom stereocenters. The van der Waals surface area contributed by atoms with Crippen LogP contribution in [0.2, 0.25) is 0 Å². The SMILES string of the molecule is C=C1C=C(C)C(=N)c2cccc(CCCC)c21.CC.CC.CCCCNCCC.Cc1ccc(C)c(C)c1. The molecular formula is C36H60N2. The Labute approximate surface area is 237 Å². The Bertz CT molecular complexity index is 944. The van der Waals surface area contributed by atoms with Gasteiger partial charge < -0.3 is 5.32 Å². The summed E-state index contributed by atoms with van der Waals surface area (Å²) in [6, 6.07) is 12.8. The van der Waals surface area contributed by atoms with Gasteiger partial charge in [-0.1, -0.05) is 110 Å². The van der Waals surface area contributed by atoms with Gasteiger partial charge in [0.2, 0.25) is 0 Å². The zero-order chi connectivity index (χ0) is 29.5. The lowest BCUT2D eigenvalue weighted by Gasteiger charge is -2.21. The molecule has 2 N–H and O–H groups in total. The van der Waals surface area contributed by atoms with Gasteiger partial charge in [0.05, 0.1) is 5.71 Å². The molecule has 3 rings (SSSR count). The Morgan fingerprint density at radius 2 is 1.39 bits per heavy atom. The van der Waals surface area contributed by atoms with Crippen LogP contribution in [0.3, 0.4) is 0 Å². The second-order valence-electron chi connectivity index (χ2n) is 9.36. The summed E-state index contributed by atoms with van der Waals surface area (Å²) in [4.78, 5) is 0. The Morgan fingerprint density at radius 1 is 0.763 bits per heavy atom. The van der Waals surface area contributed by atoms with E-state index < -0.39 is 0 Å². The minimum absolute atomic E-state index is 0.644. The quantitative estimate of drug-likeness (QED) is 0.334. The highest BCUT2D eigenvalue weighted by molar-refractivity contribution is 6.17. The van der Waals surface area contributed by atoms with Crippen molar-refractivity contribution in [2.24, 2.45) is 0 Å². The van der Waals surface area contributed by atoms with Gasteiger partial charge in [-0.05, 0) is 106 Å². The maximum Gasteiger partial charge on any atom is 0.0647 e. The second-order valence-corrected chi connectivity index (χ2v) is 9.36. The van der Waals surface area contributed by atoms with Crippen LogP contribution in [0.25, 0.3) is 5.57 Å². The molecule has 0 spiro atoms. The van der Waals surface area contributed by atoms with Gasteiger partial charge in [-0.15, -0.1) is 0 Å². The van der Waals surface area contributed by atoms with Crippen LogP contribution in [0.15, 0.2) is 54.6 Å². The van der Waals surface area contributed by atoms with Crippen LogP contribution in [0.1, 0.15) is 121 Å². The van der Waals surface area contributed by atoms with Crippen LogP contribution in [-0.2, 0) is 6.42 Å². The summed E-state index contributed by atoms with van der Waals surface area (Å²) in [6.45, 7) is 29.5. The van der Waals surface area contributed by atoms with Crippen molar-refractivity contribution in [1.82, 2.24) is 5.32 Å². The first-order chi connectivity index (χ1) is 18.3. The third-order valence-corrected chi connectivity index (χ3v) is 6.12. The standard InChI is InChI=1S/C16H19N.C9H12.C7H17N.2C2H6/c1-4-5-7-13-8-6-9-14-15(13)11(2)10-12(3)16(14)17;1-7-4-5-8(2)9(3)6-7;1-3-5-7-8-6-4-2;2*1-2/h6,8-10,17H,2,4-5,7H2,1,3H3;4-6H,1-3H3;8H,3-7H2,1-2H3;2*1-2H3. The number of fused-ring (bicyclic) bond motifs is 1. The van der Waals surface area contributed by atoms with E-state index >= 15 is 0 Å². The molecule has 0 heterocycles. The first-order valence-corrected chi connectivity index (χ1v) is 15.1. The molecule has 0 radical (unpaired) electrons. The summed E-state index contributed by atoms with van der Waals surface area (Å²) < 4.78 is 0. The molecule has 0 amide bonds. The van der Waals surface area contributed by atoms with E-state index in [-0.39, 0.29) is 0 Å². The average Bonchev–Trinajstić information content (AvgIpc) is 2.93. The van der Waals surface area contributed by atoms with Gasteiger partial charge in [0.25, 0.3) is 0 Å². The summed E-state index contributed by atoms with van der Waals surface area (Å²) in [5.74, 6) is 0. The third kappa shape index (κ3) is 14.5. The first-order valence-electron chi connectivity index (χ1n) is 15.1. The lowest BCUT2D eigenvalue weighted by atomic mass is 9.83. The predicted octanol–water partition coefficient (Wildman–Crippen LogP) is 10.8. The molecule has 1 aliphatic rings. The zero-order valence-corrected chi connectivity index (χ0v) is 26.9. The van der Waals surface area contributed by atoms with E-state index in [9.17, 15) is 0 Å². The molecule has 1 aliphatic carbocycles. The van der Waals surface area contributed by atoms with Crippen LogP contribution >= 0.6 is 0 Å². The average molecular weight is 521 g/mol. The van der Waals surface area contributed by atoms with Crippen molar-refractivity contribution in [2.75, 3.05) is 13.1 Å². The fourth-order valence-electron chi connectivity index (χ4n) is 3.88. The number of unbranched alkanes of at least 4 members (excludes halogenated alkanes) is 2. The topological polar surface area (TPSA) is 35.9 Å². The van der Waals surface area contributed by atoms with Gasteiger partial charge in [-0.3, -0.25) is 5.41 Å². The molecule has 0 unspecified atom stereocenters. The highest BCUT2D eigenvalue weighted by Gasteiger charge is 2.19. The summed E-state index contributed by atoms with van der Waals surface area (Å²) in [5, 5.41) is 11.5. The number of allylic oxidation sites excluding steroid dienone is 3. The molecular weight excluding hydrogens is 460 g/mol. The molecule has 0 aliphatic heterocycles. The summed E-state index contributed by atoms with van der Waals surface area (Å²) in [7, 11) is 0. The van der Waals surface area contributed by atoms with E-state index in [1.54, 1.807) is 0 Å². The first kappa shape index (κ1) is 37.7. The molecule has 2 nitrogen and oxygen atoms in total. The van der Waals surface area contributed by atoms with Gasteiger partial charge >= 0.3 is 0 Å². The largest absolute Gasteiger partial charge is 0.317 e. The van der Waals surface area contributed by atoms with Crippen LogP contribution in [-0.4, -0.2) is 18.8 Å². The molecule has 214 valence electrons. The van der Waals surface area contributed by atoms with Gasteiger partial charge in [-0.2, -0.15) is 0 Å². The van der Waals surface area contributed by atoms with Crippen molar-refractivity contribution in [3.8, 4) is 0 Å². The number of hydrogen-bond acceptors (Lipinski definition) is 2. The summed E-state index contributed by atoms with van der Waals surface area (Å²) in [5.41, 5.74) is 10.4. The van der Waals surface area contributed by atoms with Gasteiger partial charge in [0.15, 0.2) is 0 Å². The smallest absolute Gasteiger partial charge is 0.0647 e. The van der Waals surface area contributed by atoms with Crippen LogP contribution < -0.4 is 5.32 Å². The van der Waals surface area contributed by atoms with E-state index in [1.807, 2.05) is 46.8 Å². The zero-order valence-electron chi connectivity index (χ0n) is 26.9. The number of nitrogens with one attached hydrogen (secondary N) is 2. The Hall–Kier alpha value is -2.45. The van der Waals surface area contributed by atoms with E-state index in [0.29, 0.717) is 5.71 Å². The van der Waals surface area contributed by atoms with E-state index in [1.165, 1.54) is 73.0 Å². The summed E-state index contributed by atoms with van der Waals surface area (Å²) >= 11 is 0. The molecule has 2 aromatic rings. The summed E-state index contributed by atoms with van der Waals surface area (Å²) in [6.07, 6.45) is 9.38. The predicted molar refractivity (Wildman–Crippen MR) is 176 cm³/mol. The van der Waals surface area contributed by atoms with Crippen LogP contribution in [0.4, 0.5) is 0 Å². The highest BCUT2D eigenvalue weighted by atomic mass is 14.8. The van der Waals surface area contributed by atoms with Crippen molar-refractivity contribution in [3.63, 3.8) is 0 Å².